The van der Waals surface area contributed by atoms with Gasteiger partial charge in [-0.15, -0.1) is 11.3 Å². The Bertz CT molecular complexity index is 1000. The Morgan fingerprint density at radius 2 is 1.96 bits per heavy atom. The molecule has 1 aliphatic carbocycles. The molecule has 0 unspecified atom stereocenters. The maximum Gasteiger partial charge on any atom is 0.226 e. The van der Waals surface area contributed by atoms with Crippen LogP contribution in [0, 0.1) is 17.6 Å². The molecule has 4 rings (SSSR count). The molecule has 1 amide bonds. The highest BCUT2D eigenvalue weighted by Gasteiger charge is 2.48. The molecule has 1 aromatic carbocycles. The number of halogens is 2. The minimum Gasteiger partial charge on any atom is -0.341 e. The lowest BCUT2D eigenvalue weighted by molar-refractivity contribution is -0.131. The van der Waals surface area contributed by atoms with E-state index in [4.69, 9.17) is 0 Å². The van der Waals surface area contributed by atoms with Crippen LogP contribution >= 0.6 is 11.3 Å². The maximum atomic E-state index is 14.2. The molecule has 150 valence electrons. The highest BCUT2D eigenvalue weighted by Crippen LogP contribution is 2.53. The SMILES string of the molecule is CS(=O)(=O)N[C@@H]1CCN(C(=O)[C@@H]2C[C@H]2c2sccc2-c2c(F)cccc2F)C1. The van der Waals surface area contributed by atoms with Crippen LogP contribution in [0.1, 0.15) is 23.6 Å². The third-order valence-corrected chi connectivity index (χ3v) is 7.06. The first-order valence-corrected chi connectivity index (χ1v) is 11.8. The number of nitrogens with one attached hydrogen (secondary N) is 1. The zero-order chi connectivity index (χ0) is 20.1. The van der Waals surface area contributed by atoms with Crippen LogP contribution in [0.2, 0.25) is 0 Å². The van der Waals surface area contributed by atoms with E-state index < -0.39 is 21.7 Å². The van der Waals surface area contributed by atoms with Crippen LogP contribution in [0.4, 0.5) is 8.78 Å². The number of sulfonamides is 1. The van der Waals surface area contributed by atoms with Gasteiger partial charge >= 0.3 is 0 Å². The van der Waals surface area contributed by atoms with E-state index in [0.29, 0.717) is 31.5 Å². The summed E-state index contributed by atoms with van der Waals surface area (Å²) >= 11 is 1.41. The van der Waals surface area contributed by atoms with Gasteiger partial charge in [0.15, 0.2) is 0 Å². The van der Waals surface area contributed by atoms with E-state index in [9.17, 15) is 22.0 Å². The Labute approximate surface area is 166 Å². The number of rotatable bonds is 5. The fourth-order valence-electron chi connectivity index (χ4n) is 3.92. The number of thiophene rings is 1. The van der Waals surface area contributed by atoms with Crippen LogP contribution in [-0.4, -0.2) is 44.6 Å². The van der Waals surface area contributed by atoms with E-state index in [1.807, 2.05) is 0 Å². The van der Waals surface area contributed by atoms with Crippen molar-refractivity contribution >= 4 is 27.3 Å². The van der Waals surface area contributed by atoms with Gasteiger partial charge in [-0.25, -0.2) is 21.9 Å². The van der Waals surface area contributed by atoms with Gasteiger partial charge in [0.1, 0.15) is 11.6 Å². The molecule has 0 radical (unpaired) electrons. The number of nitrogens with zero attached hydrogens (tertiary/aromatic N) is 1. The summed E-state index contributed by atoms with van der Waals surface area (Å²) < 4.78 is 53.7. The van der Waals surface area contributed by atoms with Gasteiger partial charge in [-0.3, -0.25) is 4.79 Å². The van der Waals surface area contributed by atoms with Crippen LogP contribution in [0.3, 0.4) is 0 Å². The normalized spacial score (nSPS) is 24.5. The topological polar surface area (TPSA) is 66.5 Å². The summed E-state index contributed by atoms with van der Waals surface area (Å²) in [5.41, 5.74) is 0.467. The van der Waals surface area contributed by atoms with Gasteiger partial charge in [0.25, 0.3) is 0 Å². The van der Waals surface area contributed by atoms with Crippen LogP contribution in [0.25, 0.3) is 11.1 Å². The van der Waals surface area contributed by atoms with Crippen LogP contribution in [-0.2, 0) is 14.8 Å². The van der Waals surface area contributed by atoms with Crippen molar-refractivity contribution in [2.75, 3.05) is 19.3 Å². The molecule has 0 bridgehead atoms. The van der Waals surface area contributed by atoms with Gasteiger partial charge in [0, 0.05) is 41.4 Å². The number of carbonyl (C=O) groups excluding carboxylic acids is 1. The Morgan fingerprint density at radius 3 is 2.64 bits per heavy atom. The van der Waals surface area contributed by atoms with Crippen LogP contribution < -0.4 is 4.72 Å². The van der Waals surface area contributed by atoms with Crippen LogP contribution in [0.5, 0.6) is 0 Å². The molecular formula is C19H20F2N2O3S2. The zero-order valence-corrected chi connectivity index (χ0v) is 16.8. The van der Waals surface area contributed by atoms with Gasteiger partial charge in [0.2, 0.25) is 15.9 Å². The highest BCUT2D eigenvalue weighted by atomic mass is 32.2. The average Bonchev–Trinajstić information content (AvgIpc) is 3.02. The molecule has 2 fully saturated rings. The molecule has 1 saturated carbocycles. The van der Waals surface area contributed by atoms with Gasteiger partial charge in [-0.2, -0.15) is 0 Å². The van der Waals surface area contributed by atoms with Crippen molar-refractivity contribution in [3.05, 3.63) is 46.2 Å². The van der Waals surface area contributed by atoms with Crippen molar-refractivity contribution in [1.29, 1.82) is 0 Å². The first-order chi connectivity index (χ1) is 13.2. The standard InChI is InChI=1S/C19H20F2N2O3S2/c1-28(25,26)22-11-5-7-23(10-11)19(24)14-9-13(14)18-12(6-8-27-18)17-15(20)3-2-4-16(17)21/h2-4,6,8,11,13-14,22H,5,7,9-10H2,1H3/t11-,13-,14-/m1/s1. The summed E-state index contributed by atoms with van der Waals surface area (Å²) in [6, 6.07) is 5.23. The number of benzene rings is 1. The molecule has 1 N–H and O–H groups in total. The Morgan fingerprint density at radius 1 is 1.25 bits per heavy atom. The summed E-state index contributed by atoms with van der Waals surface area (Å²) in [7, 11) is -3.31. The summed E-state index contributed by atoms with van der Waals surface area (Å²) in [6.45, 7) is 0.864. The Balaban J connectivity index is 1.47. The maximum absolute atomic E-state index is 14.2. The summed E-state index contributed by atoms with van der Waals surface area (Å²) in [5.74, 6) is -1.52. The fourth-order valence-corrected chi connectivity index (χ4v) is 5.80. The smallest absolute Gasteiger partial charge is 0.226 e. The number of carbonyl (C=O) groups is 1. The average molecular weight is 427 g/mol. The monoisotopic (exact) mass is 426 g/mol. The molecule has 2 aromatic rings. The van der Waals surface area contributed by atoms with Crippen molar-refractivity contribution in [2.45, 2.75) is 24.8 Å². The second-order valence-electron chi connectivity index (χ2n) is 7.40. The Hall–Kier alpha value is -1.84. The predicted molar refractivity (Wildman–Crippen MR) is 103 cm³/mol. The lowest BCUT2D eigenvalue weighted by Crippen LogP contribution is -2.38. The van der Waals surface area contributed by atoms with E-state index in [2.05, 4.69) is 4.72 Å². The summed E-state index contributed by atoms with van der Waals surface area (Å²) in [4.78, 5) is 15.3. The molecule has 3 atom stereocenters. The molecule has 2 heterocycles. The third-order valence-electron chi connectivity index (χ3n) is 5.25. The minimum absolute atomic E-state index is 0.0174. The number of likely N-dealkylation sites (tertiary alicyclic amines) is 1. The van der Waals surface area contributed by atoms with Gasteiger partial charge in [-0.05, 0) is 36.4 Å². The van der Waals surface area contributed by atoms with Crippen molar-refractivity contribution in [3.8, 4) is 11.1 Å². The van der Waals surface area contributed by atoms with Crippen molar-refractivity contribution in [1.82, 2.24) is 9.62 Å². The lowest BCUT2D eigenvalue weighted by atomic mass is 10.0. The third kappa shape index (κ3) is 3.83. The van der Waals surface area contributed by atoms with Gasteiger partial charge in [0.05, 0.1) is 11.8 Å². The number of amides is 1. The van der Waals surface area contributed by atoms with Gasteiger partial charge in [-0.1, -0.05) is 6.07 Å². The summed E-state index contributed by atoms with van der Waals surface area (Å²) in [6.07, 6.45) is 2.33. The number of hydrogen-bond donors (Lipinski definition) is 1. The molecule has 1 saturated heterocycles. The first kappa shape index (κ1) is 19.5. The lowest BCUT2D eigenvalue weighted by Gasteiger charge is -2.17. The number of hydrogen-bond acceptors (Lipinski definition) is 4. The van der Waals surface area contributed by atoms with E-state index in [0.717, 1.165) is 11.1 Å². The molecular weight excluding hydrogens is 406 g/mol. The van der Waals surface area contributed by atoms with E-state index in [1.54, 1.807) is 16.3 Å². The predicted octanol–water partition coefficient (Wildman–Crippen LogP) is 2.95. The zero-order valence-electron chi connectivity index (χ0n) is 15.2. The molecule has 0 spiro atoms. The minimum atomic E-state index is -3.31. The molecule has 28 heavy (non-hydrogen) atoms. The fraction of sp³-hybridized carbons (Fsp3) is 0.421. The molecule has 5 nitrogen and oxygen atoms in total. The molecule has 2 aliphatic rings. The van der Waals surface area contributed by atoms with E-state index in [-0.39, 0.29) is 29.3 Å². The van der Waals surface area contributed by atoms with Crippen LogP contribution in [0.15, 0.2) is 29.6 Å². The second-order valence-corrected chi connectivity index (χ2v) is 10.1. The molecule has 1 aromatic heterocycles. The van der Waals surface area contributed by atoms with Crippen molar-refractivity contribution in [3.63, 3.8) is 0 Å². The largest absolute Gasteiger partial charge is 0.341 e. The quantitative estimate of drug-likeness (QED) is 0.800. The second kappa shape index (κ2) is 7.20. The molecule has 1 aliphatic heterocycles. The first-order valence-electron chi connectivity index (χ1n) is 9.02. The van der Waals surface area contributed by atoms with Gasteiger partial charge < -0.3 is 4.90 Å². The van der Waals surface area contributed by atoms with Crippen molar-refractivity contribution < 1.29 is 22.0 Å². The Kier molecular flexibility index (Phi) is 5.01. The molecule has 9 heteroatoms. The summed E-state index contributed by atoms with van der Waals surface area (Å²) in [5, 5.41) is 1.79. The highest BCUT2D eigenvalue weighted by molar-refractivity contribution is 7.88. The van der Waals surface area contributed by atoms with Crippen molar-refractivity contribution in [2.24, 2.45) is 5.92 Å². The van der Waals surface area contributed by atoms with E-state index in [1.165, 1.54) is 29.5 Å². The van der Waals surface area contributed by atoms with E-state index >= 15 is 0 Å².